The van der Waals surface area contributed by atoms with Crippen molar-refractivity contribution < 1.29 is 14.4 Å². The molecule has 1 unspecified atom stereocenters. The number of hydrogen-bond acceptors (Lipinski definition) is 6. The summed E-state index contributed by atoms with van der Waals surface area (Å²) in [6.07, 6.45) is 3.10. The number of rotatable bonds is 7. The molecule has 1 aromatic rings. The zero-order valence-electron chi connectivity index (χ0n) is 13.1. The quantitative estimate of drug-likeness (QED) is 0.436. The van der Waals surface area contributed by atoms with Crippen molar-refractivity contribution >= 4 is 47.7 Å². The number of nitrogen functional groups attached to an aromatic ring is 1. The number of halogens is 2. The van der Waals surface area contributed by atoms with E-state index in [0.29, 0.717) is 12.0 Å². The maximum atomic E-state index is 12.3. The van der Waals surface area contributed by atoms with E-state index in [0.717, 1.165) is 0 Å². The van der Waals surface area contributed by atoms with E-state index in [2.05, 4.69) is 20.3 Å². The number of Topliss-reactive ketones (excluding diaryl/α,β-unsaturated/α-hetero) is 1. The molecule has 1 amide bonds. The molecule has 7 nitrogen and oxygen atoms in total. The minimum atomic E-state index is -1.03. The van der Waals surface area contributed by atoms with E-state index in [9.17, 15) is 9.59 Å². The topological polar surface area (TPSA) is 107 Å². The fourth-order valence-corrected chi connectivity index (χ4v) is 1.95. The van der Waals surface area contributed by atoms with Gasteiger partial charge >= 0.3 is 0 Å². The molecule has 0 bridgehead atoms. The van der Waals surface area contributed by atoms with Gasteiger partial charge in [0.05, 0.1) is 23.2 Å². The summed E-state index contributed by atoms with van der Waals surface area (Å²) in [5, 5.41) is 6.27. The highest BCUT2D eigenvalue weighted by Crippen LogP contribution is 2.15. The maximum absolute atomic E-state index is 12.3. The smallest absolute Gasteiger partial charge is 0.253 e. The third-order valence-corrected chi connectivity index (χ3v) is 3.58. The Labute approximate surface area is 146 Å². The number of nitrogens with one attached hydrogen (secondary N) is 1. The van der Waals surface area contributed by atoms with Crippen LogP contribution < -0.4 is 11.1 Å². The van der Waals surface area contributed by atoms with Gasteiger partial charge in [0.15, 0.2) is 5.78 Å². The van der Waals surface area contributed by atoms with Crippen molar-refractivity contribution in [2.45, 2.75) is 25.8 Å². The van der Waals surface area contributed by atoms with Crippen molar-refractivity contribution in [1.82, 2.24) is 10.3 Å². The van der Waals surface area contributed by atoms with Gasteiger partial charge in [0.25, 0.3) is 5.91 Å². The summed E-state index contributed by atoms with van der Waals surface area (Å²) in [5.74, 6) is -0.652. The predicted octanol–water partition coefficient (Wildman–Crippen LogP) is 1.77. The molecule has 0 radical (unpaired) electrons. The average Bonchev–Trinajstić information content (AvgIpc) is 2.52. The number of nitrogens with zero attached hydrogens (tertiary/aromatic N) is 2. The Kier molecular flexibility index (Phi) is 8.56. The fraction of sp³-hybridized carbons (Fsp3) is 0.429. The number of carbonyl (C=O) groups excluding carboxylic acids is 2. The molecule has 1 rings (SSSR count). The summed E-state index contributed by atoms with van der Waals surface area (Å²) < 4.78 is 0. The summed E-state index contributed by atoms with van der Waals surface area (Å²) in [6.45, 7) is 3.43. The van der Waals surface area contributed by atoms with Crippen molar-refractivity contribution in [3.8, 4) is 0 Å². The van der Waals surface area contributed by atoms with Crippen LogP contribution in [0, 0.1) is 0 Å². The zero-order chi connectivity index (χ0) is 16.8. The normalized spacial score (nSPS) is 13.0. The lowest BCUT2D eigenvalue weighted by molar-refractivity contribution is -0.122. The first-order valence-corrected chi connectivity index (χ1v) is 7.15. The van der Waals surface area contributed by atoms with Gasteiger partial charge in [-0.25, -0.2) is 4.98 Å². The number of nitrogens with two attached hydrogens (primary N) is 1. The monoisotopic (exact) mass is 362 g/mol. The molecular formula is C14H20Cl2N4O3. The summed E-state index contributed by atoms with van der Waals surface area (Å²) in [6, 6.07) is 1.52. The van der Waals surface area contributed by atoms with Gasteiger partial charge in [0, 0.05) is 11.8 Å². The number of ketones is 1. The Bertz CT molecular complexity index is 595. The van der Waals surface area contributed by atoms with E-state index in [1.165, 1.54) is 25.6 Å². The second-order valence-electron chi connectivity index (χ2n) is 4.81. The van der Waals surface area contributed by atoms with Crippen LogP contribution in [0.15, 0.2) is 17.4 Å². The molecule has 1 atom stereocenters. The predicted molar refractivity (Wildman–Crippen MR) is 92.4 cm³/mol. The molecule has 0 aliphatic carbocycles. The van der Waals surface area contributed by atoms with Crippen molar-refractivity contribution in [3.05, 3.63) is 23.4 Å². The molecule has 0 aliphatic heterocycles. The summed E-state index contributed by atoms with van der Waals surface area (Å²) in [5.41, 5.74) is 5.36. The molecule has 0 saturated heterocycles. The lowest BCUT2D eigenvalue weighted by atomic mass is 9.93. The Morgan fingerprint density at radius 1 is 1.57 bits per heavy atom. The minimum absolute atomic E-state index is 0. The first-order chi connectivity index (χ1) is 10.4. The van der Waals surface area contributed by atoms with Crippen molar-refractivity contribution in [2.75, 3.05) is 18.7 Å². The van der Waals surface area contributed by atoms with Crippen LogP contribution in [-0.2, 0) is 9.63 Å². The van der Waals surface area contributed by atoms with Crippen LogP contribution in [0.3, 0.4) is 0 Å². The number of pyridine rings is 1. The number of alkyl halides is 1. The second-order valence-corrected chi connectivity index (χ2v) is 5.08. The molecule has 9 heteroatoms. The highest BCUT2D eigenvalue weighted by atomic mass is 35.5. The molecule has 0 aliphatic rings. The molecule has 0 saturated carbocycles. The molecule has 0 spiro atoms. The first-order valence-electron chi connectivity index (χ1n) is 6.61. The van der Waals surface area contributed by atoms with Crippen LogP contribution in [0.25, 0.3) is 0 Å². The van der Waals surface area contributed by atoms with Gasteiger partial charge in [0.2, 0.25) is 0 Å². The summed E-state index contributed by atoms with van der Waals surface area (Å²) in [7, 11) is 1.39. The summed E-state index contributed by atoms with van der Waals surface area (Å²) >= 11 is 5.59. The van der Waals surface area contributed by atoms with Crippen LogP contribution in [-0.4, -0.2) is 41.4 Å². The number of anilines is 1. The molecule has 1 aromatic heterocycles. The molecule has 0 aromatic carbocycles. The van der Waals surface area contributed by atoms with Gasteiger partial charge in [-0.1, -0.05) is 12.1 Å². The van der Waals surface area contributed by atoms with Crippen LogP contribution in [0.2, 0.25) is 0 Å². The van der Waals surface area contributed by atoms with Gasteiger partial charge in [-0.15, -0.1) is 24.0 Å². The molecule has 23 heavy (non-hydrogen) atoms. The Morgan fingerprint density at radius 3 is 2.74 bits per heavy atom. The number of oxime groups is 1. The van der Waals surface area contributed by atoms with Crippen LogP contribution >= 0.6 is 24.0 Å². The fourth-order valence-electron chi connectivity index (χ4n) is 1.65. The number of hydrogen-bond donors (Lipinski definition) is 2. The maximum Gasteiger partial charge on any atom is 0.253 e. The van der Waals surface area contributed by atoms with Gasteiger partial charge in [-0.2, -0.15) is 0 Å². The molecule has 0 fully saturated rings. The van der Waals surface area contributed by atoms with E-state index >= 15 is 0 Å². The molecule has 1 heterocycles. The number of aromatic nitrogens is 1. The molecule has 128 valence electrons. The van der Waals surface area contributed by atoms with E-state index in [1.54, 1.807) is 13.8 Å². The molecular weight excluding hydrogens is 343 g/mol. The van der Waals surface area contributed by atoms with Crippen LogP contribution in [0.5, 0.6) is 0 Å². The van der Waals surface area contributed by atoms with E-state index in [4.69, 9.17) is 17.3 Å². The first kappa shape index (κ1) is 21.1. The van der Waals surface area contributed by atoms with Gasteiger partial charge in [0.1, 0.15) is 12.9 Å². The van der Waals surface area contributed by atoms with Gasteiger partial charge in [-0.05, 0) is 19.4 Å². The van der Waals surface area contributed by atoms with E-state index in [-0.39, 0.29) is 35.5 Å². The van der Waals surface area contributed by atoms with Crippen LogP contribution in [0.4, 0.5) is 5.82 Å². The summed E-state index contributed by atoms with van der Waals surface area (Å²) in [4.78, 5) is 32.7. The number of amides is 1. The van der Waals surface area contributed by atoms with Crippen LogP contribution in [0.1, 0.15) is 36.2 Å². The largest absolute Gasteiger partial charge is 0.399 e. The van der Waals surface area contributed by atoms with E-state index < -0.39 is 11.4 Å². The second kappa shape index (κ2) is 9.32. The highest BCUT2D eigenvalue weighted by Gasteiger charge is 2.32. The Hall–Kier alpha value is -1.86. The highest BCUT2D eigenvalue weighted by molar-refractivity contribution is 6.29. The third-order valence-electron chi connectivity index (χ3n) is 3.34. The zero-order valence-corrected chi connectivity index (χ0v) is 14.7. The Morgan fingerprint density at radius 2 is 2.22 bits per heavy atom. The lowest BCUT2D eigenvalue weighted by Gasteiger charge is -2.27. The Balaban J connectivity index is 0.00000484. The van der Waals surface area contributed by atoms with Crippen molar-refractivity contribution in [2.24, 2.45) is 5.16 Å². The lowest BCUT2D eigenvalue weighted by Crippen LogP contribution is -2.52. The van der Waals surface area contributed by atoms with Gasteiger partial charge < -0.3 is 15.9 Å². The third kappa shape index (κ3) is 5.37. The SMILES string of the molecule is CCC(C)(NC(=O)c1cnc(N)c(/C=N/OC)c1)C(=O)CCl.Cl. The average molecular weight is 363 g/mol. The minimum Gasteiger partial charge on any atom is -0.399 e. The molecule has 3 N–H and O–H groups in total. The van der Waals surface area contributed by atoms with E-state index in [1.807, 2.05) is 0 Å². The number of carbonyl (C=O) groups is 2. The van der Waals surface area contributed by atoms with Crippen molar-refractivity contribution in [1.29, 1.82) is 0 Å². The van der Waals surface area contributed by atoms with Crippen molar-refractivity contribution in [3.63, 3.8) is 0 Å². The van der Waals surface area contributed by atoms with Gasteiger partial charge in [-0.3, -0.25) is 9.59 Å². The standard InChI is InChI=1S/C14H19ClN4O3.ClH/c1-4-14(2,11(20)6-15)19-13(21)10-5-9(8-18-22-3)12(16)17-7-10;/h5,7-8H,4,6H2,1-3H3,(H2,16,17)(H,19,21);1H/b18-8+;.